The molecular weight excluding hydrogens is 178 g/mol. The molecule has 1 aliphatic rings. The Bertz CT molecular complexity index is 184. The Kier molecular flexibility index (Phi) is 4.90. The second kappa shape index (κ2) is 5.98. The number of likely N-dealkylation sites (tertiary alicyclic amines) is 1. The third-order valence-electron chi connectivity index (χ3n) is 2.67. The van der Waals surface area contributed by atoms with E-state index in [-0.39, 0.29) is 5.91 Å². The van der Waals surface area contributed by atoms with Gasteiger partial charge in [-0.2, -0.15) is 0 Å². The summed E-state index contributed by atoms with van der Waals surface area (Å²) >= 11 is 0. The van der Waals surface area contributed by atoms with Gasteiger partial charge in [-0.25, -0.2) is 0 Å². The molecule has 4 nitrogen and oxygen atoms in total. The smallest absolute Gasteiger partial charge is 0.220 e. The molecule has 0 aromatic rings. The van der Waals surface area contributed by atoms with Gasteiger partial charge in [-0.15, -0.1) is 0 Å². The average Bonchev–Trinajstić information content (AvgIpc) is 2.52. The van der Waals surface area contributed by atoms with Crippen LogP contribution in [0.25, 0.3) is 0 Å². The van der Waals surface area contributed by atoms with Crippen LogP contribution in [0.15, 0.2) is 0 Å². The van der Waals surface area contributed by atoms with Gasteiger partial charge in [-0.05, 0) is 38.9 Å². The molecule has 1 unspecified atom stereocenters. The predicted molar refractivity (Wildman–Crippen MR) is 56.9 cm³/mol. The van der Waals surface area contributed by atoms with Crippen LogP contribution in [0.1, 0.15) is 19.3 Å². The molecule has 0 bridgehead atoms. The molecule has 0 saturated carbocycles. The zero-order valence-electron chi connectivity index (χ0n) is 8.96. The van der Waals surface area contributed by atoms with Crippen molar-refractivity contribution in [1.82, 2.24) is 10.2 Å². The summed E-state index contributed by atoms with van der Waals surface area (Å²) in [6, 6.07) is 0. The normalized spacial score (nSPS) is 22.6. The SMILES string of the molecule is CN1CCC(CC(=O)NCCCN)C1. The van der Waals surface area contributed by atoms with Crippen LogP contribution in [0, 0.1) is 5.92 Å². The third-order valence-corrected chi connectivity index (χ3v) is 2.67. The van der Waals surface area contributed by atoms with Gasteiger partial charge in [0.1, 0.15) is 0 Å². The zero-order valence-corrected chi connectivity index (χ0v) is 8.96. The van der Waals surface area contributed by atoms with Crippen molar-refractivity contribution in [3.8, 4) is 0 Å². The van der Waals surface area contributed by atoms with Crippen molar-refractivity contribution in [2.24, 2.45) is 11.7 Å². The molecule has 3 N–H and O–H groups in total. The van der Waals surface area contributed by atoms with Crippen molar-refractivity contribution in [3.63, 3.8) is 0 Å². The highest BCUT2D eigenvalue weighted by atomic mass is 16.1. The van der Waals surface area contributed by atoms with Gasteiger partial charge < -0.3 is 16.0 Å². The fraction of sp³-hybridized carbons (Fsp3) is 0.900. The van der Waals surface area contributed by atoms with Crippen LogP contribution in [0.2, 0.25) is 0 Å². The van der Waals surface area contributed by atoms with Crippen LogP contribution in [-0.2, 0) is 4.79 Å². The first-order valence-electron chi connectivity index (χ1n) is 5.37. The maximum atomic E-state index is 11.4. The first-order valence-corrected chi connectivity index (χ1v) is 5.37. The number of nitrogens with two attached hydrogens (primary N) is 1. The summed E-state index contributed by atoms with van der Waals surface area (Å²) in [5, 5.41) is 2.89. The average molecular weight is 199 g/mol. The van der Waals surface area contributed by atoms with Crippen LogP contribution in [-0.4, -0.2) is 44.0 Å². The van der Waals surface area contributed by atoms with E-state index in [0.29, 0.717) is 18.9 Å². The Morgan fingerprint density at radius 2 is 2.43 bits per heavy atom. The fourth-order valence-electron chi connectivity index (χ4n) is 1.86. The minimum absolute atomic E-state index is 0.179. The maximum Gasteiger partial charge on any atom is 0.220 e. The summed E-state index contributed by atoms with van der Waals surface area (Å²) in [5.74, 6) is 0.733. The lowest BCUT2D eigenvalue weighted by atomic mass is 10.0. The van der Waals surface area contributed by atoms with Crippen molar-refractivity contribution in [2.75, 3.05) is 33.2 Å². The van der Waals surface area contributed by atoms with E-state index in [0.717, 1.165) is 32.5 Å². The monoisotopic (exact) mass is 199 g/mol. The van der Waals surface area contributed by atoms with Crippen molar-refractivity contribution in [2.45, 2.75) is 19.3 Å². The minimum Gasteiger partial charge on any atom is -0.356 e. The molecule has 0 radical (unpaired) electrons. The van der Waals surface area contributed by atoms with E-state index in [1.165, 1.54) is 0 Å². The third kappa shape index (κ3) is 4.07. The topological polar surface area (TPSA) is 58.4 Å². The summed E-state index contributed by atoms with van der Waals surface area (Å²) in [6.07, 6.45) is 2.70. The zero-order chi connectivity index (χ0) is 10.4. The van der Waals surface area contributed by atoms with Gasteiger partial charge in [-0.3, -0.25) is 4.79 Å². The molecule has 14 heavy (non-hydrogen) atoms. The second-order valence-corrected chi connectivity index (χ2v) is 4.11. The molecule has 1 saturated heterocycles. The van der Waals surface area contributed by atoms with Gasteiger partial charge in [0.2, 0.25) is 5.91 Å². The Morgan fingerprint density at radius 1 is 1.64 bits per heavy atom. The predicted octanol–water partition coefficient (Wildman–Crippen LogP) is -0.207. The maximum absolute atomic E-state index is 11.4. The molecule has 1 aliphatic heterocycles. The number of carbonyl (C=O) groups excluding carboxylic acids is 1. The van der Waals surface area contributed by atoms with Crippen LogP contribution in [0.5, 0.6) is 0 Å². The number of nitrogens with one attached hydrogen (secondary N) is 1. The molecule has 1 rings (SSSR count). The van der Waals surface area contributed by atoms with E-state index in [9.17, 15) is 4.79 Å². The van der Waals surface area contributed by atoms with E-state index in [1.54, 1.807) is 0 Å². The van der Waals surface area contributed by atoms with Crippen molar-refractivity contribution in [1.29, 1.82) is 0 Å². The van der Waals surface area contributed by atoms with E-state index < -0.39 is 0 Å². The molecule has 4 heteroatoms. The van der Waals surface area contributed by atoms with Gasteiger partial charge in [-0.1, -0.05) is 0 Å². The summed E-state index contributed by atoms with van der Waals surface area (Å²) in [6.45, 7) is 3.55. The van der Waals surface area contributed by atoms with Crippen LogP contribution < -0.4 is 11.1 Å². The molecule has 82 valence electrons. The largest absolute Gasteiger partial charge is 0.356 e. The first kappa shape index (κ1) is 11.5. The Labute approximate surface area is 85.8 Å². The Balaban J connectivity index is 2.08. The van der Waals surface area contributed by atoms with Gasteiger partial charge in [0.25, 0.3) is 0 Å². The highest BCUT2D eigenvalue weighted by Gasteiger charge is 2.21. The molecule has 1 amide bonds. The number of amides is 1. The van der Waals surface area contributed by atoms with Crippen LogP contribution in [0.4, 0.5) is 0 Å². The number of nitrogens with zero attached hydrogens (tertiary/aromatic N) is 1. The number of rotatable bonds is 5. The molecular formula is C10H21N3O. The number of hydrogen-bond donors (Lipinski definition) is 2. The highest BCUT2D eigenvalue weighted by Crippen LogP contribution is 2.17. The standard InChI is InChI=1S/C10H21N3O/c1-13-6-3-9(8-13)7-10(14)12-5-2-4-11/h9H,2-8,11H2,1H3,(H,12,14). The van der Waals surface area contributed by atoms with E-state index in [4.69, 9.17) is 5.73 Å². The molecule has 0 spiro atoms. The Hall–Kier alpha value is -0.610. The van der Waals surface area contributed by atoms with Gasteiger partial charge in [0.05, 0.1) is 0 Å². The lowest BCUT2D eigenvalue weighted by molar-refractivity contribution is -0.121. The van der Waals surface area contributed by atoms with Crippen molar-refractivity contribution >= 4 is 5.91 Å². The van der Waals surface area contributed by atoms with Gasteiger partial charge in [0, 0.05) is 19.5 Å². The molecule has 1 atom stereocenters. The molecule has 1 heterocycles. The molecule has 1 fully saturated rings. The summed E-state index contributed by atoms with van der Waals surface area (Å²) in [7, 11) is 2.10. The quantitative estimate of drug-likeness (QED) is 0.603. The van der Waals surface area contributed by atoms with E-state index >= 15 is 0 Å². The minimum atomic E-state index is 0.179. The molecule has 0 aliphatic carbocycles. The van der Waals surface area contributed by atoms with Crippen molar-refractivity contribution in [3.05, 3.63) is 0 Å². The lowest BCUT2D eigenvalue weighted by Crippen LogP contribution is -2.28. The molecule has 0 aromatic carbocycles. The van der Waals surface area contributed by atoms with Crippen LogP contribution >= 0.6 is 0 Å². The van der Waals surface area contributed by atoms with E-state index in [2.05, 4.69) is 17.3 Å². The van der Waals surface area contributed by atoms with Gasteiger partial charge >= 0.3 is 0 Å². The number of carbonyl (C=O) groups is 1. The van der Waals surface area contributed by atoms with Crippen molar-refractivity contribution < 1.29 is 4.79 Å². The fourth-order valence-corrected chi connectivity index (χ4v) is 1.86. The summed E-state index contributed by atoms with van der Waals surface area (Å²) in [4.78, 5) is 13.7. The summed E-state index contributed by atoms with van der Waals surface area (Å²) in [5.41, 5.74) is 5.34. The van der Waals surface area contributed by atoms with E-state index in [1.807, 2.05) is 0 Å². The molecule has 0 aromatic heterocycles. The second-order valence-electron chi connectivity index (χ2n) is 4.11. The Morgan fingerprint density at radius 3 is 3.00 bits per heavy atom. The highest BCUT2D eigenvalue weighted by molar-refractivity contribution is 5.76. The van der Waals surface area contributed by atoms with Gasteiger partial charge in [0.15, 0.2) is 0 Å². The first-order chi connectivity index (χ1) is 6.72. The lowest BCUT2D eigenvalue weighted by Gasteiger charge is -2.10. The summed E-state index contributed by atoms with van der Waals surface area (Å²) < 4.78 is 0. The van der Waals surface area contributed by atoms with Crippen LogP contribution in [0.3, 0.4) is 0 Å². The number of hydrogen-bond acceptors (Lipinski definition) is 3.